The maximum absolute atomic E-state index is 12.2. The molecule has 0 saturated heterocycles. The van der Waals surface area contributed by atoms with E-state index in [1.165, 1.54) is 0 Å². The number of anilines is 1. The molecule has 0 atom stereocenters. The summed E-state index contributed by atoms with van der Waals surface area (Å²) in [6.45, 7) is 7.08. The summed E-state index contributed by atoms with van der Waals surface area (Å²) in [4.78, 5) is 25.2. The van der Waals surface area contributed by atoms with Crippen LogP contribution >= 0.6 is 0 Å². The van der Waals surface area contributed by atoms with Crippen LogP contribution in [0, 0.1) is 0 Å². The zero-order chi connectivity index (χ0) is 14.6. The Morgan fingerprint density at radius 2 is 1.89 bits per heavy atom. The highest BCUT2D eigenvalue weighted by atomic mass is 16.4. The molecule has 1 aliphatic heterocycles. The van der Waals surface area contributed by atoms with Crippen LogP contribution in [0.4, 0.5) is 5.69 Å². The number of carbonyl (C=O) groups excluding carboxylic acids is 1. The van der Waals surface area contributed by atoms with Crippen LogP contribution < -0.4 is 4.90 Å². The Hall–Kier alpha value is -1.84. The zero-order valence-electron chi connectivity index (χ0n) is 11.9. The van der Waals surface area contributed by atoms with Crippen molar-refractivity contribution in [2.75, 3.05) is 11.9 Å². The third-order valence-electron chi connectivity index (χ3n) is 4.13. The number of hydrogen-bond acceptors (Lipinski definition) is 2. The molecule has 0 radical (unpaired) electrons. The highest BCUT2D eigenvalue weighted by Crippen LogP contribution is 2.42. The van der Waals surface area contributed by atoms with Gasteiger partial charge in [0.25, 0.3) is 0 Å². The molecular formula is C15H19NO3. The summed E-state index contributed by atoms with van der Waals surface area (Å²) in [6.07, 6.45) is 0. The molecule has 1 heterocycles. The summed E-state index contributed by atoms with van der Waals surface area (Å²) >= 11 is 0. The van der Waals surface area contributed by atoms with Gasteiger partial charge in [-0.3, -0.25) is 9.59 Å². The van der Waals surface area contributed by atoms with Crippen molar-refractivity contribution in [2.45, 2.75) is 38.5 Å². The summed E-state index contributed by atoms with van der Waals surface area (Å²) in [7, 11) is 1.75. The number of hydrogen-bond donors (Lipinski definition) is 1. The van der Waals surface area contributed by atoms with Gasteiger partial charge in [-0.05, 0) is 44.9 Å². The molecule has 4 nitrogen and oxygen atoms in total. The van der Waals surface area contributed by atoms with E-state index in [2.05, 4.69) is 0 Å². The lowest BCUT2D eigenvalue weighted by Gasteiger charge is -2.22. The van der Waals surface area contributed by atoms with Gasteiger partial charge in [-0.15, -0.1) is 0 Å². The average Bonchev–Trinajstić information content (AvgIpc) is 2.51. The van der Waals surface area contributed by atoms with E-state index in [0.717, 1.165) is 16.8 Å². The average molecular weight is 261 g/mol. The monoisotopic (exact) mass is 261 g/mol. The fourth-order valence-corrected chi connectivity index (χ4v) is 2.49. The molecule has 0 unspecified atom stereocenters. The number of likely N-dealkylation sites (N-methyl/N-ethyl adjacent to an activating group) is 1. The van der Waals surface area contributed by atoms with Crippen LogP contribution in [0.2, 0.25) is 0 Å². The number of carbonyl (C=O) groups is 2. The second-order valence-corrected chi connectivity index (χ2v) is 6.15. The second kappa shape index (κ2) is 3.83. The first kappa shape index (κ1) is 13.6. The Morgan fingerprint density at radius 1 is 1.32 bits per heavy atom. The van der Waals surface area contributed by atoms with Crippen molar-refractivity contribution in [3.63, 3.8) is 0 Å². The number of benzene rings is 1. The molecule has 2 rings (SSSR count). The Morgan fingerprint density at radius 3 is 2.42 bits per heavy atom. The number of aliphatic carboxylic acids is 1. The predicted octanol–water partition coefficient (Wildman–Crippen LogP) is 2.30. The second-order valence-electron chi connectivity index (χ2n) is 6.15. The first-order valence-electron chi connectivity index (χ1n) is 6.26. The van der Waals surface area contributed by atoms with Crippen LogP contribution in [0.1, 0.15) is 38.8 Å². The molecule has 0 spiro atoms. The van der Waals surface area contributed by atoms with Crippen LogP contribution in [0.25, 0.3) is 0 Å². The first-order chi connectivity index (χ1) is 8.60. The fourth-order valence-electron chi connectivity index (χ4n) is 2.49. The number of carboxylic acids is 1. The van der Waals surface area contributed by atoms with E-state index in [1.54, 1.807) is 31.9 Å². The largest absolute Gasteiger partial charge is 0.481 e. The first-order valence-corrected chi connectivity index (χ1v) is 6.26. The summed E-state index contributed by atoms with van der Waals surface area (Å²) in [5, 5.41) is 9.30. The molecule has 1 amide bonds. The molecule has 0 aromatic heterocycles. The highest BCUT2D eigenvalue weighted by molar-refractivity contribution is 6.07. The molecular weight excluding hydrogens is 242 g/mol. The third kappa shape index (κ3) is 1.74. The molecule has 1 N–H and O–H groups in total. The normalized spacial score (nSPS) is 17.5. The van der Waals surface area contributed by atoms with Gasteiger partial charge in [-0.2, -0.15) is 0 Å². The third-order valence-corrected chi connectivity index (χ3v) is 4.13. The van der Waals surface area contributed by atoms with Crippen LogP contribution in [0.15, 0.2) is 18.2 Å². The molecule has 1 aromatic carbocycles. The maximum atomic E-state index is 12.2. The summed E-state index contributed by atoms with van der Waals surface area (Å²) < 4.78 is 0. The van der Waals surface area contributed by atoms with Crippen molar-refractivity contribution in [1.29, 1.82) is 0 Å². The number of carboxylic acid groups (broad SMARTS) is 1. The van der Waals surface area contributed by atoms with Gasteiger partial charge in [0, 0.05) is 12.7 Å². The minimum absolute atomic E-state index is 0.0350. The van der Waals surface area contributed by atoms with Crippen LogP contribution in [-0.2, 0) is 20.4 Å². The lowest BCUT2D eigenvalue weighted by atomic mass is 9.79. The van der Waals surface area contributed by atoms with Crippen LogP contribution in [0.3, 0.4) is 0 Å². The van der Waals surface area contributed by atoms with Crippen LogP contribution in [-0.4, -0.2) is 24.0 Å². The summed E-state index contributed by atoms with van der Waals surface area (Å²) in [5.41, 5.74) is 0.908. The Kier molecular flexibility index (Phi) is 2.74. The van der Waals surface area contributed by atoms with Crippen LogP contribution in [0.5, 0.6) is 0 Å². The molecule has 0 bridgehead atoms. The lowest BCUT2D eigenvalue weighted by Crippen LogP contribution is -2.33. The number of nitrogens with zero attached hydrogens (tertiary/aromatic N) is 1. The van der Waals surface area contributed by atoms with Gasteiger partial charge in [0.05, 0.1) is 10.8 Å². The van der Waals surface area contributed by atoms with Gasteiger partial charge in [0.15, 0.2) is 0 Å². The number of rotatable bonds is 2. The van der Waals surface area contributed by atoms with Gasteiger partial charge >= 0.3 is 5.97 Å². The van der Waals surface area contributed by atoms with Gasteiger partial charge in [0.2, 0.25) is 5.91 Å². The fraction of sp³-hybridized carbons (Fsp3) is 0.467. The summed E-state index contributed by atoms with van der Waals surface area (Å²) in [6, 6.07) is 5.48. The number of fused-ring (bicyclic) bond motifs is 1. The van der Waals surface area contributed by atoms with Gasteiger partial charge in [0.1, 0.15) is 0 Å². The Bertz CT molecular complexity index is 573. The van der Waals surface area contributed by atoms with Gasteiger partial charge < -0.3 is 10.0 Å². The quantitative estimate of drug-likeness (QED) is 0.888. The van der Waals surface area contributed by atoms with Crippen molar-refractivity contribution in [3.05, 3.63) is 29.3 Å². The van der Waals surface area contributed by atoms with Crippen molar-refractivity contribution >= 4 is 17.6 Å². The van der Waals surface area contributed by atoms with Crippen molar-refractivity contribution in [1.82, 2.24) is 0 Å². The molecule has 1 aliphatic rings. The van der Waals surface area contributed by atoms with E-state index < -0.39 is 16.8 Å². The van der Waals surface area contributed by atoms with E-state index in [1.807, 2.05) is 26.0 Å². The summed E-state index contributed by atoms with van der Waals surface area (Å²) in [5.74, 6) is -0.837. The molecule has 4 heteroatoms. The van der Waals surface area contributed by atoms with E-state index in [-0.39, 0.29) is 5.91 Å². The molecule has 19 heavy (non-hydrogen) atoms. The van der Waals surface area contributed by atoms with E-state index in [0.29, 0.717) is 0 Å². The van der Waals surface area contributed by atoms with Gasteiger partial charge in [-0.1, -0.05) is 12.1 Å². The minimum Gasteiger partial charge on any atom is -0.481 e. The molecule has 0 aliphatic carbocycles. The Labute approximate surface area is 113 Å². The molecule has 102 valence electrons. The SMILES string of the molecule is CN1C(=O)C(C)(C)c2cc(C(C)(C)C(=O)O)ccc21. The smallest absolute Gasteiger partial charge is 0.313 e. The van der Waals surface area contributed by atoms with Crippen molar-refractivity contribution in [2.24, 2.45) is 0 Å². The minimum atomic E-state index is -0.963. The predicted molar refractivity (Wildman–Crippen MR) is 73.5 cm³/mol. The Balaban J connectivity index is 2.62. The molecule has 1 aromatic rings. The lowest BCUT2D eigenvalue weighted by molar-refractivity contribution is -0.142. The number of amides is 1. The standard InChI is InChI=1S/C15H19NO3/c1-14(2,13(18)19)9-6-7-11-10(8-9)15(3,4)12(17)16(11)5/h6-8H,1-5H3,(H,18,19). The topological polar surface area (TPSA) is 57.6 Å². The zero-order valence-corrected chi connectivity index (χ0v) is 11.9. The molecule has 0 fully saturated rings. The maximum Gasteiger partial charge on any atom is 0.313 e. The van der Waals surface area contributed by atoms with E-state index >= 15 is 0 Å². The van der Waals surface area contributed by atoms with Crippen molar-refractivity contribution < 1.29 is 14.7 Å². The highest BCUT2D eigenvalue weighted by Gasteiger charge is 2.43. The van der Waals surface area contributed by atoms with E-state index in [4.69, 9.17) is 0 Å². The van der Waals surface area contributed by atoms with Gasteiger partial charge in [-0.25, -0.2) is 0 Å². The van der Waals surface area contributed by atoms with Crippen molar-refractivity contribution in [3.8, 4) is 0 Å². The van der Waals surface area contributed by atoms with E-state index in [9.17, 15) is 14.7 Å². The molecule has 0 saturated carbocycles.